The molecule has 32 heavy (non-hydrogen) atoms. The second kappa shape index (κ2) is 7.89. The standard InChI is InChI=1S/C29H45N3/c1-6-27(3)13-14-28(4)22(15-27)7-8-23-25-10-9-24(29(25,5)12-11-26(23)28)20(2)18-32-19-21(16-30)17-31-32/h17,19-20,22-26H,6-15,18H2,1-5H3/t20-,22?,23?,24?,25?,26?,27-,28?,29?/m1/s1. The highest BCUT2D eigenvalue weighted by Gasteiger charge is 2.61. The lowest BCUT2D eigenvalue weighted by Crippen LogP contribution is -2.54. The maximum atomic E-state index is 9.14. The Kier molecular flexibility index (Phi) is 5.54. The maximum absolute atomic E-state index is 9.14. The van der Waals surface area contributed by atoms with E-state index in [-0.39, 0.29) is 0 Å². The Morgan fingerprint density at radius 1 is 1.06 bits per heavy atom. The molecule has 4 fully saturated rings. The van der Waals surface area contributed by atoms with Crippen LogP contribution in [0.5, 0.6) is 0 Å². The molecule has 0 bridgehead atoms. The molecule has 7 unspecified atom stereocenters. The molecule has 3 heteroatoms. The lowest BCUT2D eigenvalue weighted by Gasteiger charge is -2.62. The van der Waals surface area contributed by atoms with Gasteiger partial charge in [0.2, 0.25) is 0 Å². The molecular weight excluding hydrogens is 390 g/mol. The van der Waals surface area contributed by atoms with Gasteiger partial charge in [-0.1, -0.05) is 41.0 Å². The van der Waals surface area contributed by atoms with Crippen molar-refractivity contribution in [2.75, 3.05) is 0 Å². The highest BCUT2D eigenvalue weighted by molar-refractivity contribution is 5.21. The van der Waals surface area contributed by atoms with E-state index in [0.29, 0.717) is 27.7 Å². The summed E-state index contributed by atoms with van der Waals surface area (Å²) in [5, 5.41) is 13.6. The van der Waals surface area contributed by atoms with E-state index in [1.165, 1.54) is 64.2 Å². The summed E-state index contributed by atoms with van der Waals surface area (Å²) in [6.07, 6.45) is 18.2. The first-order valence-electron chi connectivity index (χ1n) is 13.6. The molecule has 1 heterocycles. The second-order valence-corrected chi connectivity index (χ2v) is 13.3. The Morgan fingerprint density at radius 3 is 2.56 bits per heavy atom. The molecule has 176 valence electrons. The van der Waals surface area contributed by atoms with Gasteiger partial charge in [-0.05, 0) is 110 Å². The smallest absolute Gasteiger partial charge is 0.102 e. The first kappa shape index (κ1) is 22.5. The topological polar surface area (TPSA) is 41.6 Å². The van der Waals surface area contributed by atoms with Crippen molar-refractivity contribution in [1.29, 1.82) is 5.26 Å². The molecule has 1 aromatic rings. The van der Waals surface area contributed by atoms with Crippen molar-refractivity contribution in [2.45, 2.75) is 105 Å². The van der Waals surface area contributed by atoms with E-state index < -0.39 is 0 Å². The molecule has 4 aliphatic carbocycles. The molecule has 4 saturated carbocycles. The van der Waals surface area contributed by atoms with E-state index in [1.54, 1.807) is 6.20 Å². The third kappa shape index (κ3) is 3.38. The molecule has 5 rings (SSSR count). The van der Waals surface area contributed by atoms with E-state index in [9.17, 15) is 0 Å². The average Bonchev–Trinajstić information content (AvgIpc) is 3.37. The third-order valence-electron chi connectivity index (χ3n) is 11.9. The molecular formula is C29H45N3. The number of rotatable bonds is 4. The van der Waals surface area contributed by atoms with E-state index >= 15 is 0 Å². The monoisotopic (exact) mass is 435 g/mol. The zero-order valence-corrected chi connectivity index (χ0v) is 21.2. The Balaban J connectivity index is 1.32. The first-order valence-corrected chi connectivity index (χ1v) is 13.6. The van der Waals surface area contributed by atoms with Crippen LogP contribution in [0.2, 0.25) is 0 Å². The zero-order chi connectivity index (χ0) is 22.7. The molecule has 1 aromatic heterocycles. The van der Waals surface area contributed by atoms with Crippen molar-refractivity contribution >= 4 is 0 Å². The van der Waals surface area contributed by atoms with Crippen molar-refractivity contribution in [2.24, 2.45) is 51.8 Å². The summed E-state index contributed by atoms with van der Waals surface area (Å²) in [5.74, 6) is 5.26. The summed E-state index contributed by atoms with van der Waals surface area (Å²) in [6.45, 7) is 13.8. The number of fused-ring (bicyclic) bond motifs is 5. The quantitative estimate of drug-likeness (QED) is 0.492. The van der Waals surface area contributed by atoms with Gasteiger partial charge in [0, 0.05) is 12.7 Å². The van der Waals surface area contributed by atoms with Gasteiger partial charge in [-0.25, -0.2) is 0 Å². The number of aromatic nitrogens is 2. The molecule has 3 nitrogen and oxygen atoms in total. The molecule has 0 aromatic carbocycles. The van der Waals surface area contributed by atoms with Crippen LogP contribution in [0.15, 0.2) is 12.4 Å². The van der Waals surface area contributed by atoms with E-state index in [1.807, 2.05) is 10.9 Å². The number of nitrogens with zero attached hydrogens (tertiary/aromatic N) is 3. The van der Waals surface area contributed by atoms with Gasteiger partial charge in [-0.2, -0.15) is 10.4 Å². The molecule has 0 aliphatic heterocycles. The van der Waals surface area contributed by atoms with E-state index in [0.717, 1.165) is 36.1 Å². The van der Waals surface area contributed by atoms with Gasteiger partial charge in [-0.15, -0.1) is 0 Å². The fraction of sp³-hybridized carbons (Fsp3) is 0.862. The van der Waals surface area contributed by atoms with Crippen LogP contribution in [0.3, 0.4) is 0 Å². The lowest BCUT2D eigenvalue weighted by atomic mass is 9.42. The van der Waals surface area contributed by atoms with Gasteiger partial charge in [0.25, 0.3) is 0 Å². The maximum Gasteiger partial charge on any atom is 0.102 e. The van der Waals surface area contributed by atoms with Gasteiger partial charge >= 0.3 is 0 Å². The van der Waals surface area contributed by atoms with Crippen molar-refractivity contribution in [3.63, 3.8) is 0 Å². The molecule has 0 radical (unpaired) electrons. The molecule has 4 aliphatic rings. The molecule has 0 saturated heterocycles. The van der Waals surface area contributed by atoms with Crippen molar-refractivity contribution < 1.29 is 0 Å². The van der Waals surface area contributed by atoms with Crippen LogP contribution in [0.1, 0.15) is 104 Å². The van der Waals surface area contributed by atoms with Gasteiger partial charge in [0.1, 0.15) is 6.07 Å². The van der Waals surface area contributed by atoms with Crippen molar-refractivity contribution in [3.8, 4) is 6.07 Å². The summed E-state index contributed by atoms with van der Waals surface area (Å²) < 4.78 is 2.02. The Bertz CT molecular complexity index is 881. The molecule has 9 atom stereocenters. The van der Waals surface area contributed by atoms with Crippen LogP contribution in [0.25, 0.3) is 0 Å². The van der Waals surface area contributed by atoms with Crippen LogP contribution in [0.4, 0.5) is 0 Å². The summed E-state index contributed by atoms with van der Waals surface area (Å²) >= 11 is 0. The lowest BCUT2D eigenvalue weighted by molar-refractivity contribution is -0.132. The van der Waals surface area contributed by atoms with E-state index in [2.05, 4.69) is 45.8 Å². The molecule has 0 N–H and O–H groups in total. The number of nitriles is 1. The zero-order valence-electron chi connectivity index (χ0n) is 21.2. The highest BCUT2D eigenvalue weighted by Crippen LogP contribution is 2.69. The normalized spacial score (nSPS) is 46.6. The Morgan fingerprint density at radius 2 is 1.84 bits per heavy atom. The third-order valence-corrected chi connectivity index (χ3v) is 11.9. The second-order valence-electron chi connectivity index (χ2n) is 13.3. The first-order chi connectivity index (χ1) is 15.2. The van der Waals surface area contributed by atoms with Gasteiger partial charge in [-0.3, -0.25) is 4.68 Å². The van der Waals surface area contributed by atoms with Crippen molar-refractivity contribution in [3.05, 3.63) is 18.0 Å². The van der Waals surface area contributed by atoms with Crippen LogP contribution < -0.4 is 0 Å². The minimum Gasteiger partial charge on any atom is -0.271 e. The van der Waals surface area contributed by atoms with Crippen LogP contribution in [-0.2, 0) is 6.54 Å². The van der Waals surface area contributed by atoms with Crippen LogP contribution >= 0.6 is 0 Å². The van der Waals surface area contributed by atoms with Crippen LogP contribution in [0, 0.1) is 63.1 Å². The SMILES string of the molecule is CC[C@]1(C)CCC2(C)C(CCC3C2CCC2(C)C3CCC2[C@H](C)Cn2cc(C#N)cn2)C1. The fourth-order valence-corrected chi connectivity index (χ4v) is 9.77. The molecule has 0 spiro atoms. The minimum absolute atomic E-state index is 0.502. The Labute approximate surface area is 196 Å². The number of hydrogen-bond acceptors (Lipinski definition) is 2. The van der Waals surface area contributed by atoms with Gasteiger partial charge in [0.15, 0.2) is 0 Å². The van der Waals surface area contributed by atoms with Crippen molar-refractivity contribution in [1.82, 2.24) is 9.78 Å². The van der Waals surface area contributed by atoms with E-state index in [4.69, 9.17) is 5.26 Å². The van der Waals surface area contributed by atoms with Gasteiger partial charge in [0.05, 0.1) is 11.8 Å². The van der Waals surface area contributed by atoms with Crippen LogP contribution in [-0.4, -0.2) is 9.78 Å². The highest BCUT2D eigenvalue weighted by atomic mass is 15.3. The summed E-state index contributed by atoms with van der Waals surface area (Å²) in [5.41, 5.74) is 2.39. The average molecular weight is 436 g/mol. The summed E-state index contributed by atoms with van der Waals surface area (Å²) in [4.78, 5) is 0. The number of hydrogen-bond donors (Lipinski definition) is 0. The molecule has 0 amide bonds. The fourth-order valence-electron chi connectivity index (χ4n) is 9.77. The van der Waals surface area contributed by atoms with Gasteiger partial charge < -0.3 is 0 Å². The predicted molar refractivity (Wildman–Crippen MR) is 130 cm³/mol. The summed E-state index contributed by atoms with van der Waals surface area (Å²) in [7, 11) is 0. The largest absolute Gasteiger partial charge is 0.271 e. The summed E-state index contributed by atoms with van der Waals surface area (Å²) in [6, 6.07) is 2.23. The minimum atomic E-state index is 0.502. The Hall–Kier alpha value is -1.30. The predicted octanol–water partition coefficient (Wildman–Crippen LogP) is 7.47.